The number of hydrogen-bond donors (Lipinski definition) is 5. The van der Waals surface area contributed by atoms with Crippen molar-refractivity contribution in [3.05, 3.63) is 81.6 Å². The number of fused-ring (bicyclic) bond motifs is 3. The van der Waals surface area contributed by atoms with Gasteiger partial charge in [-0.3, -0.25) is 14.4 Å². The SMILES string of the molecule is NC(=O)C1=C(O)[C@@]2(O)C(=O)C3=C(O)c4c(O)ccc(Cc5ccccc5)c4C[C@H]3C[C@H]2CC1=O. The first kappa shape index (κ1) is 21.9. The van der Waals surface area contributed by atoms with Gasteiger partial charge in [0, 0.05) is 17.9 Å². The fourth-order valence-electron chi connectivity index (χ4n) is 5.67. The van der Waals surface area contributed by atoms with E-state index in [0.29, 0.717) is 18.4 Å². The van der Waals surface area contributed by atoms with E-state index < -0.39 is 52.0 Å². The summed E-state index contributed by atoms with van der Waals surface area (Å²) in [6, 6.07) is 12.9. The lowest BCUT2D eigenvalue weighted by Gasteiger charge is -2.46. The number of amides is 1. The van der Waals surface area contributed by atoms with Gasteiger partial charge < -0.3 is 26.2 Å². The van der Waals surface area contributed by atoms with Crippen LogP contribution in [0.4, 0.5) is 0 Å². The number of carbonyl (C=O) groups excluding carboxylic acids is 3. The second-order valence-corrected chi connectivity index (χ2v) is 9.17. The molecule has 6 N–H and O–H groups in total. The van der Waals surface area contributed by atoms with Gasteiger partial charge in [0.1, 0.15) is 22.8 Å². The highest BCUT2D eigenvalue weighted by Gasteiger charge is 2.60. The van der Waals surface area contributed by atoms with Gasteiger partial charge in [0.05, 0.1) is 5.56 Å². The molecule has 1 saturated carbocycles. The Morgan fingerprint density at radius 2 is 1.74 bits per heavy atom. The molecule has 8 nitrogen and oxygen atoms in total. The minimum Gasteiger partial charge on any atom is -0.508 e. The molecule has 2 aromatic rings. The molecule has 3 atom stereocenters. The van der Waals surface area contributed by atoms with Crippen LogP contribution in [0, 0.1) is 11.8 Å². The molecule has 0 aliphatic heterocycles. The number of phenolic OH excluding ortho intramolecular Hbond substituents is 1. The number of nitrogens with two attached hydrogens (primary N) is 1. The van der Waals surface area contributed by atoms with Crippen LogP contribution >= 0.6 is 0 Å². The number of Topliss-reactive ketones (excluding diaryl/α,β-unsaturated/α-hetero) is 2. The van der Waals surface area contributed by atoms with Crippen LogP contribution in [0.5, 0.6) is 5.75 Å². The van der Waals surface area contributed by atoms with Crippen LogP contribution in [0.15, 0.2) is 59.4 Å². The van der Waals surface area contributed by atoms with Crippen LogP contribution in [0.25, 0.3) is 5.76 Å². The number of carbonyl (C=O) groups is 3. The average Bonchev–Trinajstić information content (AvgIpc) is 2.78. The number of rotatable bonds is 3. The van der Waals surface area contributed by atoms with E-state index in [1.807, 2.05) is 30.3 Å². The van der Waals surface area contributed by atoms with Crippen LogP contribution in [-0.2, 0) is 27.2 Å². The fourth-order valence-corrected chi connectivity index (χ4v) is 5.67. The number of aromatic hydroxyl groups is 1. The number of phenols is 1. The molecule has 0 unspecified atom stereocenters. The third kappa shape index (κ3) is 2.99. The largest absolute Gasteiger partial charge is 0.508 e. The molecule has 0 spiro atoms. The highest BCUT2D eigenvalue weighted by atomic mass is 16.3. The first-order chi connectivity index (χ1) is 16.1. The van der Waals surface area contributed by atoms with E-state index >= 15 is 0 Å². The molecule has 0 heterocycles. The zero-order chi connectivity index (χ0) is 24.4. The number of hydrogen-bond acceptors (Lipinski definition) is 7. The molecule has 1 fully saturated rings. The topological polar surface area (TPSA) is 158 Å². The number of aliphatic hydroxyl groups excluding tert-OH is 2. The van der Waals surface area contributed by atoms with Gasteiger partial charge in [-0.2, -0.15) is 0 Å². The molecule has 0 bridgehead atoms. The van der Waals surface area contributed by atoms with Gasteiger partial charge in [-0.05, 0) is 47.9 Å². The summed E-state index contributed by atoms with van der Waals surface area (Å²) >= 11 is 0. The Morgan fingerprint density at radius 3 is 2.41 bits per heavy atom. The number of aliphatic hydroxyl groups is 3. The molecule has 3 aliphatic rings. The molecule has 2 aromatic carbocycles. The summed E-state index contributed by atoms with van der Waals surface area (Å²) in [6.07, 6.45) is 0.622. The quantitative estimate of drug-likeness (QED) is 0.437. The zero-order valence-electron chi connectivity index (χ0n) is 18.1. The van der Waals surface area contributed by atoms with Gasteiger partial charge in [0.2, 0.25) is 5.78 Å². The Hall–Kier alpha value is -3.91. The van der Waals surface area contributed by atoms with Gasteiger partial charge in [0.25, 0.3) is 5.91 Å². The lowest BCUT2D eigenvalue weighted by molar-refractivity contribution is -0.147. The monoisotopic (exact) mass is 461 g/mol. The molecule has 0 saturated heterocycles. The van der Waals surface area contributed by atoms with Crippen molar-refractivity contribution in [1.29, 1.82) is 0 Å². The van der Waals surface area contributed by atoms with Gasteiger partial charge in [0.15, 0.2) is 11.4 Å². The number of benzene rings is 2. The third-order valence-electron chi connectivity index (χ3n) is 7.28. The maximum Gasteiger partial charge on any atom is 0.255 e. The van der Waals surface area contributed by atoms with Crippen LogP contribution in [0.1, 0.15) is 35.1 Å². The molecule has 1 amide bonds. The van der Waals surface area contributed by atoms with Crippen LogP contribution in [-0.4, -0.2) is 43.5 Å². The van der Waals surface area contributed by atoms with Crippen molar-refractivity contribution in [2.45, 2.75) is 31.3 Å². The highest BCUT2D eigenvalue weighted by molar-refractivity contribution is 6.22. The number of primary amides is 1. The summed E-state index contributed by atoms with van der Waals surface area (Å²) in [7, 11) is 0. The van der Waals surface area contributed by atoms with Crippen LogP contribution < -0.4 is 5.73 Å². The van der Waals surface area contributed by atoms with Crippen molar-refractivity contribution >= 4 is 23.2 Å². The van der Waals surface area contributed by atoms with E-state index in [2.05, 4.69) is 0 Å². The molecule has 8 heteroatoms. The zero-order valence-corrected chi connectivity index (χ0v) is 18.1. The second kappa shape index (κ2) is 7.56. The molecular weight excluding hydrogens is 438 g/mol. The van der Waals surface area contributed by atoms with Gasteiger partial charge >= 0.3 is 0 Å². The predicted molar refractivity (Wildman–Crippen MR) is 121 cm³/mol. The Balaban J connectivity index is 1.65. The van der Waals surface area contributed by atoms with E-state index in [4.69, 9.17) is 5.73 Å². The maximum atomic E-state index is 13.5. The van der Waals surface area contributed by atoms with Gasteiger partial charge in [-0.25, -0.2) is 0 Å². The Labute approximate surface area is 194 Å². The van der Waals surface area contributed by atoms with Crippen LogP contribution in [0.3, 0.4) is 0 Å². The smallest absolute Gasteiger partial charge is 0.255 e. The van der Waals surface area contributed by atoms with Crippen molar-refractivity contribution < 1.29 is 34.8 Å². The number of ketones is 2. The van der Waals surface area contributed by atoms with Crippen molar-refractivity contribution in [2.24, 2.45) is 17.6 Å². The van der Waals surface area contributed by atoms with Crippen molar-refractivity contribution in [2.75, 3.05) is 0 Å². The molecule has 34 heavy (non-hydrogen) atoms. The lowest BCUT2D eigenvalue weighted by atomic mass is 9.59. The normalized spacial score (nSPS) is 26.1. The predicted octanol–water partition coefficient (Wildman–Crippen LogP) is 2.01. The second-order valence-electron chi connectivity index (χ2n) is 9.17. The highest BCUT2D eigenvalue weighted by Crippen LogP contribution is 2.52. The summed E-state index contributed by atoms with van der Waals surface area (Å²) in [4.78, 5) is 37.6. The summed E-state index contributed by atoms with van der Waals surface area (Å²) in [6.45, 7) is 0. The van der Waals surface area contributed by atoms with E-state index in [1.165, 1.54) is 6.07 Å². The van der Waals surface area contributed by atoms with E-state index in [9.17, 15) is 34.8 Å². The Bertz CT molecular complexity index is 1320. The average molecular weight is 461 g/mol. The third-order valence-corrected chi connectivity index (χ3v) is 7.28. The summed E-state index contributed by atoms with van der Waals surface area (Å²) < 4.78 is 0. The van der Waals surface area contributed by atoms with E-state index in [1.54, 1.807) is 6.07 Å². The Morgan fingerprint density at radius 1 is 1.03 bits per heavy atom. The first-order valence-electron chi connectivity index (χ1n) is 11.0. The Kier molecular flexibility index (Phi) is 4.87. The van der Waals surface area contributed by atoms with E-state index in [0.717, 1.165) is 11.1 Å². The first-order valence-corrected chi connectivity index (χ1v) is 11.0. The van der Waals surface area contributed by atoms with E-state index in [-0.39, 0.29) is 29.7 Å². The minimum absolute atomic E-state index is 0.112. The van der Waals surface area contributed by atoms with Crippen molar-refractivity contribution in [3.8, 4) is 5.75 Å². The minimum atomic E-state index is -2.55. The fraction of sp³-hybridized carbons (Fsp3) is 0.269. The maximum absolute atomic E-state index is 13.5. The van der Waals surface area contributed by atoms with Crippen LogP contribution in [0.2, 0.25) is 0 Å². The standard InChI is InChI=1S/C26H23NO7/c27-25(33)21-18(29)11-15-9-14-10-16-13(8-12-4-2-1-3-5-12)6-7-17(28)20(16)22(30)19(14)23(31)26(15,34)24(21)32/h1-7,14-15,28,30,32,34H,8-11H2,(H2,27,33)/t14-,15+,26+/m1/s1. The molecule has 0 aromatic heterocycles. The molecule has 0 radical (unpaired) electrons. The van der Waals surface area contributed by atoms with Crippen molar-refractivity contribution in [1.82, 2.24) is 0 Å². The van der Waals surface area contributed by atoms with Gasteiger partial charge in [-0.1, -0.05) is 36.4 Å². The van der Waals surface area contributed by atoms with Gasteiger partial charge in [-0.15, -0.1) is 0 Å². The lowest BCUT2D eigenvalue weighted by Crippen LogP contribution is -2.58. The molecule has 5 rings (SSSR count). The summed E-state index contributed by atoms with van der Waals surface area (Å²) in [5.41, 5.74) is 4.42. The summed E-state index contributed by atoms with van der Waals surface area (Å²) in [5, 5.41) is 43.6. The molecule has 3 aliphatic carbocycles. The summed E-state index contributed by atoms with van der Waals surface area (Å²) in [5.74, 6) is -6.24. The molecular formula is C26H23NO7. The molecule has 174 valence electrons. The van der Waals surface area contributed by atoms with Crippen molar-refractivity contribution in [3.63, 3.8) is 0 Å².